The second kappa shape index (κ2) is 4.69. The van der Waals surface area contributed by atoms with Crippen LogP contribution in [0.4, 0.5) is 0 Å². The molecular weight excluding hydrogens is 258 g/mol. The smallest absolute Gasteiger partial charge is 0.163 e. The Bertz CT molecular complexity index is 816. The molecule has 0 spiro atoms. The zero-order chi connectivity index (χ0) is 14.4. The highest BCUT2D eigenvalue weighted by molar-refractivity contribution is 5.80. The highest BCUT2D eigenvalue weighted by Crippen LogP contribution is 2.31. The summed E-state index contributed by atoms with van der Waals surface area (Å²) in [5.74, 6) is 0. The van der Waals surface area contributed by atoms with Crippen LogP contribution in [0.25, 0.3) is 16.8 Å². The van der Waals surface area contributed by atoms with Gasteiger partial charge in [0.2, 0.25) is 0 Å². The molecule has 21 heavy (non-hydrogen) atoms. The first kappa shape index (κ1) is 12.6. The van der Waals surface area contributed by atoms with E-state index in [1.165, 1.54) is 40.9 Å². The molecule has 0 N–H and O–H groups in total. The van der Waals surface area contributed by atoms with Crippen molar-refractivity contribution in [2.24, 2.45) is 0 Å². The molecule has 1 aliphatic carbocycles. The number of benzene rings is 1. The number of hydrogen-bond acceptors (Lipinski definition) is 2. The molecule has 1 aliphatic rings. The predicted molar refractivity (Wildman–Crippen MR) is 84.5 cm³/mol. The first-order chi connectivity index (χ1) is 10.3. The summed E-state index contributed by atoms with van der Waals surface area (Å²) in [6, 6.07) is 10.5. The maximum Gasteiger partial charge on any atom is 0.163 e. The fraction of sp³-hybridized carbons (Fsp3) is 0.333. The van der Waals surface area contributed by atoms with Gasteiger partial charge in [-0.15, -0.1) is 0 Å². The molecule has 106 valence electrons. The van der Waals surface area contributed by atoms with Gasteiger partial charge in [-0.2, -0.15) is 5.10 Å². The Kier molecular flexibility index (Phi) is 2.81. The van der Waals surface area contributed by atoms with Crippen LogP contribution in [0.1, 0.15) is 35.5 Å². The molecule has 3 heteroatoms. The van der Waals surface area contributed by atoms with Crippen LogP contribution in [0, 0.1) is 13.8 Å². The normalized spacial score (nSPS) is 14.4. The molecule has 3 nitrogen and oxygen atoms in total. The van der Waals surface area contributed by atoms with Gasteiger partial charge in [0.05, 0.1) is 5.69 Å². The minimum absolute atomic E-state index is 1.01. The highest BCUT2D eigenvalue weighted by atomic mass is 15.3. The lowest BCUT2D eigenvalue weighted by Gasteiger charge is -2.17. The third kappa shape index (κ3) is 1.88. The zero-order valence-corrected chi connectivity index (χ0v) is 12.6. The van der Waals surface area contributed by atoms with Crippen LogP contribution in [0.5, 0.6) is 0 Å². The maximum absolute atomic E-state index is 4.97. The van der Waals surface area contributed by atoms with Crippen LogP contribution < -0.4 is 0 Å². The van der Waals surface area contributed by atoms with Gasteiger partial charge in [-0.1, -0.05) is 30.3 Å². The Labute approximate surface area is 124 Å². The van der Waals surface area contributed by atoms with Gasteiger partial charge in [-0.25, -0.2) is 9.50 Å². The predicted octanol–water partition coefficient (Wildman–Crippen LogP) is 3.89. The minimum atomic E-state index is 1.01. The van der Waals surface area contributed by atoms with Crippen LogP contribution in [-0.4, -0.2) is 14.6 Å². The van der Waals surface area contributed by atoms with Crippen molar-refractivity contribution in [2.45, 2.75) is 39.5 Å². The number of nitrogens with zero attached hydrogens (tertiary/aromatic N) is 3. The van der Waals surface area contributed by atoms with E-state index in [0.29, 0.717) is 0 Å². The molecule has 0 saturated heterocycles. The molecule has 0 fully saturated rings. The standard InChI is InChI=1S/C18H19N3/c1-12-17(14-8-4-3-5-9-14)18-19-16-11-7-6-10-15(16)13(2)21(18)20-12/h3-5,8-9H,6-7,10-11H2,1-2H3. The second-order valence-corrected chi connectivity index (χ2v) is 5.89. The summed E-state index contributed by atoms with van der Waals surface area (Å²) in [4.78, 5) is 4.97. The summed E-state index contributed by atoms with van der Waals surface area (Å²) in [5, 5.41) is 4.75. The van der Waals surface area contributed by atoms with Crippen molar-refractivity contribution < 1.29 is 0 Å². The van der Waals surface area contributed by atoms with Crippen molar-refractivity contribution >= 4 is 5.65 Å². The molecule has 0 unspecified atom stereocenters. The molecule has 0 radical (unpaired) electrons. The van der Waals surface area contributed by atoms with Gasteiger partial charge < -0.3 is 0 Å². The van der Waals surface area contributed by atoms with Gasteiger partial charge in [0.1, 0.15) is 0 Å². The lowest BCUT2D eigenvalue weighted by atomic mass is 9.95. The van der Waals surface area contributed by atoms with Gasteiger partial charge in [-0.05, 0) is 50.7 Å². The first-order valence-corrected chi connectivity index (χ1v) is 7.69. The second-order valence-electron chi connectivity index (χ2n) is 5.89. The minimum Gasteiger partial charge on any atom is -0.233 e. The number of fused-ring (bicyclic) bond motifs is 2. The van der Waals surface area contributed by atoms with E-state index in [0.717, 1.165) is 24.2 Å². The van der Waals surface area contributed by atoms with Crippen LogP contribution in [0.3, 0.4) is 0 Å². The van der Waals surface area contributed by atoms with E-state index in [4.69, 9.17) is 10.1 Å². The Hall–Kier alpha value is -2.16. The van der Waals surface area contributed by atoms with Gasteiger partial charge in [-0.3, -0.25) is 0 Å². The topological polar surface area (TPSA) is 30.2 Å². The Morgan fingerprint density at radius 2 is 1.76 bits per heavy atom. The van der Waals surface area contributed by atoms with E-state index in [-0.39, 0.29) is 0 Å². The number of rotatable bonds is 1. The molecule has 3 aromatic rings. The fourth-order valence-corrected chi connectivity index (χ4v) is 3.45. The van der Waals surface area contributed by atoms with Crippen molar-refractivity contribution in [1.29, 1.82) is 0 Å². The van der Waals surface area contributed by atoms with Gasteiger partial charge >= 0.3 is 0 Å². The third-order valence-corrected chi connectivity index (χ3v) is 4.53. The monoisotopic (exact) mass is 277 g/mol. The van der Waals surface area contributed by atoms with E-state index >= 15 is 0 Å². The Morgan fingerprint density at radius 3 is 2.57 bits per heavy atom. The summed E-state index contributed by atoms with van der Waals surface area (Å²) in [6.07, 6.45) is 4.77. The molecule has 0 aliphatic heterocycles. The Morgan fingerprint density at radius 1 is 1.00 bits per heavy atom. The van der Waals surface area contributed by atoms with Crippen LogP contribution in [0.15, 0.2) is 30.3 Å². The number of aryl methyl sites for hydroxylation is 3. The third-order valence-electron chi connectivity index (χ3n) is 4.53. The quantitative estimate of drug-likeness (QED) is 0.675. The van der Waals surface area contributed by atoms with Crippen molar-refractivity contribution in [3.8, 4) is 11.1 Å². The molecular formula is C18H19N3. The van der Waals surface area contributed by atoms with Crippen molar-refractivity contribution in [3.05, 3.63) is 53.0 Å². The van der Waals surface area contributed by atoms with Crippen LogP contribution in [-0.2, 0) is 12.8 Å². The summed E-state index contributed by atoms with van der Waals surface area (Å²) in [6.45, 7) is 4.26. The lowest BCUT2D eigenvalue weighted by molar-refractivity contribution is 0.651. The van der Waals surface area contributed by atoms with E-state index in [1.807, 2.05) is 10.6 Å². The molecule has 0 saturated carbocycles. The number of aromatic nitrogens is 3. The Balaban J connectivity index is 2.05. The summed E-state index contributed by atoms with van der Waals surface area (Å²) in [7, 11) is 0. The summed E-state index contributed by atoms with van der Waals surface area (Å²) in [5.41, 5.74) is 8.40. The van der Waals surface area contributed by atoms with Crippen LogP contribution >= 0.6 is 0 Å². The lowest BCUT2D eigenvalue weighted by Crippen LogP contribution is -2.12. The van der Waals surface area contributed by atoms with Crippen molar-refractivity contribution in [1.82, 2.24) is 14.6 Å². The highest BCUT2D eigenvalue weighted by Gasteiger charge is 2.20. The molecule has 2 aromatic heterocycles. The van der Waals surface area contributed by atoms with E-state index in [1.54, 1.807) is 0 Å². The molecule has 0 atom stereocenters. The van der Waals surface area contributed by atoms with E-state index in [2.05, 4.69) is 38.1 Å². The van der Waals surface area contributed by atoms with Crippen molar-refractivity contribution in [2.75, 3.05) is 0 Å². The number of hydrogen-bond donors (Lipinski definition) is 0. The van der Waals surface area contributed by atoms with E-state index in [9.17, 15) is 0 Å². The fourth-order valence-electron chi connectivity index (χ4n) is 3.45. The average Bonchev–Trinajstić information content (AvgIpc) is 2.85. The molecule has 4 rings (SSSR count). The van der Waals surface area contributed by atoms with Gasteiger partial charge in [0.25, 0.3) is 0 Å². The molecule has 0 amide bonds. The van der Waals surface area contributed by atoms with Gasteiger partial charge in [0, 0.05) is 17.0 Å². The largest absolute Gasteiger partial charge is 0.233 e. The average molecular weight is 277 g/mol. The van der Waals surface area contributed by atoms with E-state index < -0.39 is 0 Å². The zero-order valence-electron chi connectivity index (χ0n) is 12.6. The molecule has 1 aromatic carbocycles. The van der Waals surface area contributed by atoms with Gasteiger partial charge in [0.15, 0.2) is 5.65 Å². The molecule has 2 heterocycles. The van der Waals surface area contributed by atoms with Crippen LogP contribution in [0.2, 0.25) is 0 Å². The first-order valence-electron chi connectivity index (χ1n) is 7.69. The SMILES string of the molecule is Cc1nn2c(C)c3c(nc2c1-c1ccccc1)CCCC3. The summed E-state index contributed by atoms with van der Waals surface area (Å²) < 4.78 is 2.04. The summed E-state index contributed by atoms with van der Waals surface area (Å²) >= 11 is 0. The van der Waals surface area contributed by atoms with Crippen molar-refractivity contribution in [3.63, 3.8) is 0 Å². The molecule has 0 bridgehead atoms. The maximum atomic E-state index is 4.97.